The van der Waals surface area contributed by atoms with Crippen molar-refractivity contribution < 1.29 is 32.6 Å². The highest BCUT2D eigenvalue weighted by Crippen LogP contribution is 2.28. The second kappa shape index (κ2) is 20.1. The number of carbonyl (C=O) groups is 2. The number of alkyl carbamates (subject to hydrolysis) is 1. The number of benzene rings is 2. The molecule has 13 nitrogen and oxygen atoms in total. The zero-order valence-electron chi connectivity index (χ0n) is 30.1. The topological polar surface area (TPSA) is 177 Å². The number of ether oxygens (including phenoxy) is 2. The van der Waals surface area contributed by atoms with Crippen molar-refractivity contribution in [3.8, 4) is 0 Å². The molecule has 0 radical (unpaired) electrons. The quantitative estimate of drug-likeness (QED) is 0.133. The Labute approximate surface area is 306 Å². The Morgan fingerprint density at radius 1 is 0.962 bits per heavy atom. The Morgan fingerprint density at radius 2 is 1.63 bits per heavy atom. The summed E-state index contributed by atoms with van der Waals surface area (Å²) < 4.78 is 40.0. The minimum atomic E-state index is -4.07. The van der Waals surface area contributed by atoms with Gasteiger partial charge in [-0.3, -0.25) is 9.78 Å². The number of hydrogen-bond acceptors (Lipinski definition) is 10. The molecular formula is C38H51N5O8S. The minimum Gasteiger partial charge on any atom is -0.443 e. The van der Waals surface area contributed by atoms with Crippen LogP contribution in [0.5, 0.6) is 0 Å². The van der Waals surface area contributed by atoms with Crippen LogP contribution in [0, 0.1) is 16.7 Å². The molecule has 1 fully saturated rings. The van der Waals surface area contributed by atoms with Crippen LogP contribution >= 0.6 is 0 Å². The molecule has 3 aromatic rings. The summed E-state index contributed by atoms with van der Waals surface area (Å²) in [6, 6.07) is 18.7. The third-order valence-electron chi connectivity index (χ3n) is 9.50. The summed E-state index contributed by atoms with van der Waals surface area (Å²) >= 11 is 0. The second-order valence-corrected chi connectivity index (χ2v) is 15.4. The van der Waals surface area contributed by atoms with Gasteiger partial charge in [-0.25, -0.2) is 13.2 Å². The molecule has 3 N–H and O–H groups in total. The van der Waals surface area contributed by atoms with Gasteiger partial charge in [0.15, 0.2) is 0 Å². The number of nitrogens with zero attached hydrogens (tertiary/aromatic N) is 3. The third-order valence-corrected chi connectivity index (χ3v) is 11.3. The van der Waals surface area contributed by atoms with Crippen molar-refractivity contribution in [2.75, 3.05) is 20.2 Å². The molecule has 0 saturated heterocycles. The highest BCUT2D eigenvalue weighted by atomic mass is 32.2. The molecule has 1 aliphatic rings. The highest BCUT2D eigenvalue weighted by molar-refractivity contribution is 7.89. The smallest absolute Gasteiger partial charge is 0.408 e. The van der Waals surface area contributed by atoms with Gasteiger partial charge in [-0.2, -0.15) is 9.21 Å². The van der Waals surface area contributed by atoms with Crippen molar-refractivity contribution in [1.29, 1.82) is 0 Å². The molecule has 4 atom stereocenters. The standard InChI is InChI=1S/C38H51N5O8S/c1-4-27(2)36(42-38(46)51-26-32-16-10-15-31(40-32)25-50-3)37(45)41-34(21-28-11-6-5-7-12-28)35(44)24-43(23-30-13-8-9-14-30)52(48,49)33-19-17-29(18-20-33)22-39-47/h5-7,10-12,15-20,27,30,34-36,44H,4,8-9,13-14,21-26H2,1-3H3,(H,41,45)(H,42,46)/t27-,34-,35+,36-/m0/s1. The summed E-state index contributed by atoms with van der Waals surface area (Å²) in [6.45, 7) is 3.79. The predicted molar refractivity (Wildman–Crippen MR) is 196 cm³/mol. The monoisotopic (exact) mass is 737 g/mol. The maximum absolute atomic E-state index is 14.1. The molecule has 52 heavy (non-hydrogen) atoms. The Morgan fingerprint density at radius 3 is 2.27 bits per heavy atom. The van der Waals surface area contributed by atoms with Gasteiger partial charge in [0.1, 0.15) is 19.2 Å². The molecule has 4 rings (SSSR count). The van der Waals surface area contributed by atoms with E-state index < -0.39 is 40.2 Å². The molecule has 1 aromatic heterocycles. The number of rotatable bonds is 20. The molecule has 0 bridgehead atoms. The van der Waals surface area contributed by atoms with Crippen LogP contribution in [0.4, 0.5) is 4.79 Å². The van der Waals surface area contributed by atoms with Gasteiger partial charge in [0.2, 0.25) is 15.9 Å². The number of methoxy groups -OCH3 is 1. The van der Waals surface area contributed by atoms with Crippen molar-refractivity contribution in [2.45, 2.75) is 95.2 Å². The fraction of sp³-hybridized carbons (Fsp3) is 0.500. The molecule has 0 spiro atoms. The van der Waals surface area contributed by atoms with Gasteiger partial charge in [-0.15, -0.1) is 0 Å². The van der Waals surface area contributed by atoms with Crippen molar-refractivity contribution in [3.05, 3.63) is 100 Å². The van der Waals surface area contributed by atoms with E-state index in [0.29, 0.717) is 30.0 Å². The van der Waals surface area contributed by atoms with Crippen LogP contribution in [0.2, 0.25) is 0 Å². The van der Waals surface area contributed by atoms with E-state index in [2.05, 4.69) is 20.8 Å². The first kappa shape index (κ1) is 40.5. The lowest BCUT2D eigenvalue weighted by Crippen LogP contribution is -2.57. The Hall–Kier alpha value is -4.24. The summed E-state index contributed by atoms with van der Waals surface area (Å²) in [5, 5.41) is 20.3. The van der Waals surface area contributed by atoms with Crippen LogP contribution in [-0.4, -0.2) is 73.2 Å². The molecule has 282 valence electrons. The average molecular weight is 738 g/mol. The number of amides is 2. The molecule has 14 heteroatoms. The van der Waals surface area contributed by atoms with Crippen LogP contribution in [-0.2, 0) is 50.5 Å². The van der Waals surface area contributed by atoms with Gasteiger partial charge in [0, 0.05) is 20.2 Å². The number of aromatic nitrogens is 1. The number of pyridine rings is 1. The van der Waals surface area contributed by atoms with Crippen LogP contribution < -0.4 is 10.6 Å². The van der Waals surface area contributed by atoms with Gasteiger partial charge < -0.3 is 25.2 Å². The Kier molecular flexibility index (Phi) is 15.7. The first-order valence-corrected chi connectivity index (χ1v) is 19.3. The number of carbonyl (C=O) groups excluding carboxylic acids is 2. The third kappa shape index (κ3) is 11.9. The number of aliphatic hydroxyl groups excluding tert-OH is 1. The first-order valence-electron chi connectivity index (χ1n) is 17.8. The number of nitrogens with one attached hydrogen (secondary N) is 2. The van der Waals surface area contributed by atoms with E-state index in [9.17, 15) is 28.0 Å². The SMILES string of the molecule is CC[C@H](C)[C@H](NC(=O)OCc1cccc(COC)n1)C(=O)N[C@@H](Cc1ccccc1)[C@H](O)CN(CC1CCCC1)S(=O)(=O)c1ccc(CN=O)cc1. The van der Waals surface area contributed by atoms with Gasteiger partial charge in [-0.05, 0) is 66.5 Å². The summed E-state index contributed by atoms with van der Waals surface area (Å²) in [6.07, 6.45) is 2.41. The lowest BCUT2D eigenvalue weighted by molar-refractivity contribution is -0.125. The molecule has 0 aliphatic heterocycles. The van der Waals surface area contributed by atoms with Crippen LogP contribution in [0.1, 0.15) is 68.5 Å². The van der Waals surface area contributed by atoms with E-state index >= 15 is 0 Å². The van der Waals surface area contributed by atoms with E-state index in [1.165, 1.54) is 16.4 Å². The maximum Gasteiger partial charge on any atom is 0.408 e. The minimum absolute atomic E-state index is 0.0381. The lowest BCUT2D eigenvalue weighted by Gasteiger charge is -2.32. The molecule has 1 heterocycles. The summed E-state index contributed by atoms with van der Waals surface area (Å²) in [5.41, 5.74) is 2.62. The Balaban J connectivity index is 1.54. The zero-order valence-corrected chi connectivity index (χ0v) is 31.0. The van der Waals surface area contributed by atoms with Crippen molar-refractivity contribution in [2.24, 2.45) is 17.0 Å². The van der Waals surface area contributed by atoms with E-state index in [1.807, 2.05) is 44.2 Å². The number of aliphatic hydroxyl groups is 1. The fourth-order valence-corrected chi connectivity index (χ4v) is 7.88. The lowest BCUT2D eigenvalue weighted by atomic mass is 9.96. The molecule has 1 saturated carbocycles. The number of sulfonamides is 1. The Bertz CT molecular complexity index is 1690. The molecular weight excluding hydrogens is 687 g/mol. The largest absolute Gasteiger partial charge is 0.443 e. The van der Waals surface area contributed by atoms with E-state index in [1.54, 1.807) is 37.4 Å². The zero-order chi connectivity index (χ0) is 37.5. The van der Waals surface area contributed by atoms with Crippen molar-refractivity contribution in [3.63, 3.8) is 0 Å². The fourth-order valence-electron chi connectivity index (χ4n) is 6.35. The van der Waals surface area contributed by atoms with E-state index in [4.69, 9.17) is 9.47 Å². The average Bonchev–Trinajstić information content (AvgIpc) is 3.66. The van der Waals surface area contributed by atoms with E-state index in [0.717, 1.165) is 31.2 Å². The summed E-state index contributed by atoms with van der Waals surface area (Å²) in [7, 11) is -2.51. The highest BCUT2D eigenvalue weighted by Gasteiger charge is 2.35. The van der Waals surface area contributed by atoms with Crippen LogP contribution in [0.25, 0.3) is 0 Å². The predicted octanol–water partition coefficient (Wildman–Crippen LogP) is 5.10. The normalized spacial score (nSPS) is 15.8. The van der Waals surface area contributed by atoms with Crippen LogP contribution in [0.15, 0.2) is 82.9 Å². The van der Waals surface area contributed by atoms with Gasteiger partial charge in [0.05, 0.1) is 35.0 Å². The number of hydrogen-bond donors (Lipinski definition) is 3. The molecule has 0 unspecified atom stereocenters. The van der Waals surface area contributed by atoms with E-state index in [-0.39, 0.29) is 49.4 Å². The summed E-state index contributed by atoms with van der Waals surface area (Å²) in [5.74, 6) is -0.705. The van der Waals surface area contributed by atoms with Gasteiger partial charge in [-0.1, -0.05) is 86.8 Å². The summed E-state index contributed by atoms with van der Waals surface area (Å²) in [4.78, 5) is 42.1. The van der Waals surface area contributed by atoms with Crippen molar-refractivity contribution in [1.82, 2.24) is 19.9 Å². The van der Waals surface area contributed by atoms with Gasteiger partial charge in [0.25, 0.3) is 0 Å². The number of nitroso groups, excluding NO2 is 1. The molecule has 2 amide bonds. The maximum atomic E-state index is 14.1. The molecule has 2 aromatic carbocycles. The second-order valence-electron chi connectivity index (χ2n) is 13.4. The first-order chi connectivity index (χ1) is 25.0. The van der Waals surface area contributed by atoms with Crippen LogP contribution in [0.3, 0.4) is 0 Å². The van der Waals surface area contributed by atoms with Crippen molar-refractivity contribution >= 4 is 22.0 Å². The van der Waals surface area contributed by atoms with Gasteiger partial charge >= 0.3 is 6.09 Å². The molecule has 1 aliphatic carbocycles.